The Balaban J connectivity index is 2.86. The van der Waals surface area contributed by atoms with Gasteiger partial charge in [-0.3, -0.25) is 0 Å². The second-order valence-corrected chi connectivity index (χ2v) is 4.02. The van der Waals surface area contributed by atoms with E-state index in [1.807, 2.05) is 0 Å². The highest BCUT2D eigenvalue weighted by molar-refractivity contribution is 5.81. The van der Waals surface area contributed by atoms with E-state index in [1.54, 1.807) is 27.7 Å². The SMILES string of the molecule is CCOC(=O)C1(C)OC(OC)OC1(C)C. The molecule has 0 amide bonds. The fraction of sp³-hybridized carbons (Fsp3) is 0.900. The molecular formula is C10H18O5. The molecule has 0 radical (unpaired) electrons. The van der Waals surface area contributed by atoms with Crippen LogP contribution in [0.5, 0.6) is 0 Å². The molecule has 1 heterocycles. The molecule has 15 heavy (non-hydrogen) atoms. The summed E-state index contributed by atoms with van der Waals surface area (Å²) in [6.07, 6.45) is 0. The van der Waals surface area contributed by atoms with Gasteiger partial charge in [0, 0.05) is 7.11 Å². The minimum absolute atomic E-state index is 0.311. The quantitative estimate of drug-likeness (QED) is 0.663. The Morgan fingerprint density at radius 2 is 1.93 bits per heavy atom. The standard InChI is InChI=1S/C10H18O5/c1-6-13-7(11)10(4)9(2,3)14-8(12-5)15-10/h8H,6H2,1-5H3. The molecule has 5 nitrogen and oxygen atoms in total. The van der Waals surface area contributed by atoms with Gasteiger partial charge in [-0.1, -0.05) is 0 Å². The number of ether oxygens (including phenoxy) is 4. The number of hydrogen-bond donors (Lipinski definition) is 0. The van der Waals surface area contributed by atoms with Crippen LogP contribution in [0, 0.1) is 0 Å². The molecule has 0 saturated carbocycles. The summed E-state index contributed by atoms with van der Waals surface area (Å²) in [6, 6.07) is 0. The normalized spacial score (nSPS) is 34.1. The van der Waals surface area contributed by atoms with Gasteiger partial charge in [-0.25, -0.2) is 4.79 Å². The lowest BCUT2D eigenvalue weighted by Crippen LogP contribution is -2.52. The van der Waals surface area contributed by atoms with Crippen LogP contribution in [0.25, 0.3) is 0 Å². The summed E-state index contributed by atoms with van der Waals surface area (Å²) in [6.45, 7) is 6.41. The van der Waals surface area contributed by atoms with Crippen LogP contribution in [-0.2, 0) is 23.7 Å². The maximum atomic E-state index is 11.8. The van der Waals surface area contributed by atoms with Crippen molar-refractivity contribution in [1.29, 1.82) is 0 Å². The molecular weight excluding hydrogens is 200 g/mol. The van der Waals surface area contributed by atoms with E-state index in [0.29, 0.717) is 6.61 Å². The van der Waals surface area contributed by atoms with E-state index >= 15 is 0 Å². The summed E-state index contributed by atoms with van der Waals surface area (Å²) in [7, 11) is 1.46. The van der Waals surface area contributed by atoms with Crippen molar-refractivity contribution in [2.45, 2.75) is 45.4 Å². The first-order valence-corrected chi connectivity index (χ1v) is 4.93. The molecule has 0 aromatic carbocycles. The maximum Gasteiger partial charge on any atom is 0.341 e. The Hall–Kier alpha value is -0.650. The Labute approximate surface area is 89.6 Å². The summed E-state index contributed by atoms with van der Waals surface area (Å²) < 4.78 is 20.7. The molecule has 0 aromatic rings. The molecule has 0 aliphatic carbocycles. The van der Waals surface area contributed by atoms with E-state index in [1.165, 1.54) is 7.11 Å². The molecule has 5 heteroatoms. The lowest BCUT2D eigenvalue weighted by molar-refractivity contribution is -0.243. The molecule has 88 valence electrons. The maximum absolute atomic E-state index is 11.8. The number of carbonyl (C=O) groups excluding carboxylic acids is 1. The van der Waals surface area contributed by atoms with Crippen molar-refractivity contribution >= 4 is 5.97 Å². The van der Waals surface area contributed by atoms with E-state index in [4.69, 9.17) is 18.9 Å². The zero-order valence-electron chi connectivity index (χ0n) is 9.83. The van der Waals surface area contributed by atoms with Gasteiger partial charge in [0.25, 0.3) is 6.48 Å². The smallest absolute Gasteiger partial charge is 0.341 e. The van der Waals surface area contributed by atoms with Gasteiger partial charge in [-0.15, -0.1) is 0 Å². The van der Waals surface area contributed by atoms with E-state index in [9.17, 15) is 4.79 Å². The third kappa shape index (κ3) is 2.00. The number of methoxy groups -OCH3 is 1. The van der Waals surface area contributed by atoms with Crippen molar-refractivity contribution in [2.75, 3.05) is 13.7 Å². The Morgan fingerprint density at radius 3 is 2.33 bits per heavy atom. The van der Waals surface area contributed by atoms with Crippen molar-refractivity contribution in [1.82, 2.24) is 0 Å². The van der Waals surface area contributed by atoms with Crippen LogP contribution in [0.2, 0.25) is 0 Å². The van der Waals surface area contributed by atoms with E-state index in [-0.39, 0.29) is 0 Å². The summed E-state index contributed by atoms with van der Waals surface area (Å²) in [4.78, 5) is 11.8. The van der Waals surface area contributed by atoms with Crippen molar-refractivity contribution in [3.63, 3.8) is 0 Å². The second kappa shape index (κ2) is 4.08. The van der Waals surface area contributed by atoms with E-state index in [2.05, 4.69) is 0 Å². The average Bonchev–Trinajstić information content (AvgIpc) is 2.39. The van der Waals surface area contributed by atoms with Crippen molar-refractivity contribution in [3.8, 4) is 0 Å². The Bertz CT molecular complexity index is 250. The topological polar surface area (TPSA) is 54.0 Å². The van der Waals surface area contributed by atoms with Crippen molar-refractivity contribution in [3.05, 3.63) is 0 Å². The molecule has 2 atom stereocenters. The van der Waals surface area contributed by atoms with Crippen LogP contribution in [0.1, 0.15) is 27.7 Å². The van der Waals surface area contributed by atoms with Gasteiger partial charge in [-0.05, 0) is 27.7 Å². The fourth-order valence-corrected chi connectivity index (χ4v) is 1.37. The van der Waals surface area contributed by atoms with Crippen LogP contribution >= 0.6 is 0 Å². The fourth-order valence-electron chi connectivity index (χ4n) is 1.37. The van der Waals surface area contributed by atoms with Crippen LogP contribution in [0.4, 0.5) is 0 Å². The summed E-state index contributed by atoms with van der Waals surface area (Å²) >= 11 is 0. The summed E-state index contributed by atoms with van der Waals surface area (Å²) in [5, 5.41) is 0. The molecule has 0 aromatic heterocycles. The minimum atomic E-state index is -1.14. The monoisotopic (exact) mass is 218 g/mol. The van der Waals surface area contributed by atoms with Gasteiger partial charge in [0.2, 0.25) is 0 Å². The first kappa shape index (κ1) is 12.4. The van der Waals surface area contributed by atoms with Gasteiger partial charge in [0.15, 0.2) is 5.60 Å². The lowest BCUT2D eigenvalue weighted by Gasteiger charge is -2.31. The zero-order valence-corrected chi connectivity index (χ0v) is 9.83. The van der Waals surface area contributed by atoms with Gasteiger partial charge >= 0.3 is 5.97 Å². The molecule has 1 rings (SSSR count). The number of esters is 1. The Kier molecular flexibility index (Phi) is 3.38. The van der Waals surface area contributed by atoms with Crippen molar-refractivity contribution in [2.24, 2.45) is 0 Å². The highest BCUT2D eigenvalue weighted by Crippen LogP contribution is 2.39. The predicted octanol–water partition coefficient (Wildman–Crippen LogP) is 1.06. The van der Waals surface area contributed by atoms with Crippen LogP contribution in [0.15, 0.2) is 0 Å². The van der Waals surface area contributed by atoms with Gasteiger partial charge < -0.3 is 18.9 Å². The first-order chi connectivity index (χ1) is 6.87. The molecule has 0 bridgehead atoms. The molecule has 2 unspecified atom stereocenters. The third-order valence-electron chi connectivity index (χ3n) is 2.73. The largest absolute Gasteiger partial charge is 0.464 e. The summed E-state index contributed by atoms with van der Waals surface area (Å²) in [5.41, 5.74) is -1.91. The average molecular weight is 218 g/mol. The van der Waals surface area contributed by atoms with Crippen LogP contribution < -0.4 is 0 Å². The third-order valence-corrected chi connectivity index (χ3v) is 2.73. The molecule has 1 saturated heterocycles. The molecule has 1 aliphatic rings. The second-order valence-electron chi connectivity index (χ2n) is 4.02. The minimum Gasteiger partial charge on any atom is -0.464 e. The van der Waals surface area contributed by atoms with Gasteiger partial charge in [0.1, 0.15) is 5.60 Å². The molecule has 0 N–H and O–H groups in total. The van der Waals surface area contributed by atoms with E-state index < -0.39 is 23.6 Å². The number of carbonyl (C=O) groups is 1. The first-order valence-electron chi connectivity index (χ1n) is 4.93. The zero-order chi connectivity index (χ0) is 11.7. The summed E-state index contributed by atoms with van der Waals surface area (Å²) in [5.74, 6) is -0.436. The van der Waals surface area contributed by atoms with Crippen molar-refractivity contribution < 1.29 is 23.7 Å². The highest BCUT2D eigenvalue weighted by Gasteiger charge is 2.59. The predicted molar refractivity (Wildman–Crippen MR) is 52.1 cm³/mol. The van der Waals surface area contributed by atoms with Crippen LogP contribution in [-0.4, -0.2) is 37.4 Å². The highest BCUT2D eigenvalue weighted by atomic mass is 16.9. The molecule has 1 fully saturated rings. The number of rotatable bonds is 3. The molecule has 1 aliphatic heterocycles. The van der Waals surface area contributed by atoms with Gasteiger partial charge in [-0.2, -0.15) is 0 Å². The van der Waals surface area contributed by atoms with Crippen LogP contribution in [0.3, 0.4) is 0 Å². The number of hydrogen-bond acceptors (Lipinski definition) is 5. The Morgan fingerprint density at radius 1 is 1.33 bits per heavy atom. The lowest BCUT2D eigenvalue weighted by atomic mass is 9.88. The van der Waals surface area contributed by atoms with E-state index in [0.717, 1.165) is 0 Å². The van der Waals surface area contributed by atoms with Gasteiger partial charge in [0.05, 0.1) is 6.61 Å². The molecule has 0 spiro atoms.